The second-order valence-electron chi connectivity index (χ2n) is 2.92. The molecule has 5 nitrogen and oxygen atoms in total. The second kappa shape index (κ2) is 5.41. The zero-order valence-electron chi connectivity index (χ0n) is 8.07. The molecule has 5 heteroatoms. The number of hydrogen-bond acceptors (Lipinski definition) is 5. The highest BCUT2D eigenvalue weighted by atomic mass is 16.3. The van der Waals surface area contributed by atoms with Crippen molar-refractivity contribution in [2.45, 2.75) is 6.04 Å². The maximum atomic E-state index is 8.86. The minimum absolute atomic E-state index is 0.111. The Morgan fingerprint density at radius 1 is 1.29 bits per heavy atom. The van der Waals surface area contributed by atoms with Gasteiger partial charge in [0.1, 0.15) is 0 Å². The summed E-state index contributed by atoms with van der Waals surface area (Å²) >= 11 is 0. The van der Waals surface area contributed by atoms with Gasteiger partial charge in [0, 0.05) is 7.05 Å². The summed E-state index contributed by atoms with van der Waals surface area (Å²) in [6, 6.07) is 1.51. The van der Waals surface area contributed by atoms with E-state index in [1.54, 1.807) is 19.4 Å². The molecule has 0 saturated heterocycles. The molecule has 0 radical (unpaired) electrons. The highest BCUT2D eigenvalue weighted by Crippen LogP contribution is 2.12. The van der Waals surface area contributed by atoms with Gasteiger partial charge >= 0.3 is 0 Å². The van der Waals surface area contributed by atoms with Crippen LogP contribution in [0.5, 0.6) is 0 Å². The highest BCUT2D eigenvalue weighted by molar-refractivity contribution is 5.54. The minimum Gasteiger partial charge on any atom is -0.394 e. The predicted molar refractivity (Wildman–Crippen MR) is 55.4 cm³/mol. The second-order valence-corrected chi connectivity index (χ2v) is 2.92. The van der Waals surface area contributed by atoms with Crippen LogP contribution in [0.25, 0.3) is 0 Å². The first-order valence-electron chi connectivity index (χ1n) is 4.41. The van der Waals surface area contributed by atoms with Gasteiger partial charge in [-0.25, -0.2) is 0 Å². The summed E-state index contributed by atoms with van der Waals surface area (Å²) in [5, 5.41) is 23.6. The normalized spacial score (nSPS) is 10.3. The van der Waals surface area contributed by atoms with Gasteiger partial charge in [0.25, 0.3) is 0 Å². The van der Waals surface area contributed by atoms with Crippen LogP contribution in [0.4, 0.5) is 11.4 Å². The zero-order chi connectivity index (χ0) is 10.4. The quantitative estimate of drug-likeness (QED) is 0.530. The smallest absolute Gasteiger partial charge is 0.0723 e. The molecular formula is C9H15N3O2. The van der Waals surface area contributed by atoms with E-state index in [0.717, 1.165) is 11.4 Å². The lowest BCUT2D eigenvalue weighted by molar-refractivity contribution is 0.204. The minimum atomic E-state index is -0.344. The summed E-state index contributed by atoms with van der Waals surface area (Å²) in [6.07, 6.45) is 3.33. The van der Waals surface area contributed by atoms with E-state index in [1.807, 2.05) is 6.07 Å². The monoisotopic (exact) mass is 197 g/mol. The average molecular weight is 197 g/mol. The van der Waals surface area contributed by atoms with Gasteiger partial charge in [0.15, 0.2) is 0 Å². The molecule has 0 unspecified atom stereocenters. The molecule has 0 atom stereocenters. The van der Waals surface area contributed by atoms with Gasteiger partial charge in [-0.1, -0.05) is 0 Å². The van der Waals surface area contributed by atoms with Crippen molar-refractivity contribution in [3.8, 4) is 0 Å². The Hall–Kier alpha value is -1.33. The molecule has 0 saturated carbocycles. The van der Waals surface area contributed by atoms with Crippen LogP contribution >= 0.6 is 0 Å². The van der Waals surface area contributed by atoms with E-state index < -0.39 is 0 Å². The van der Waals surface area contributed by atoms with Gasteiger partial charge < -0.3 is 20.8 Å². The summed E-state index contributed by atoms with van der Waals surface area (Å²) in [5.41, 5.74) is 1.65. The number of pyridine rings is 1. The van der Waals surface area contributed by atoms with Crippen LogP contribution in [-0.2, 0) is 0 Å². The lowest BCUT2D eigenvalue weighted by Gasteiger charge is -2.14. The molecule has 0 fully saturated rings. The SMILES string of the molecule is CNc1cncc(NC(CO)CO)c1. The van der Waals surface area contributed by atoms with E-state index >= 15 is 0 Å². The molecule has 14 heavy (non-hydrogen) atoms. The van der Waals surface area contributed by atoms with E-state index in [4.69, 9.17) is 10.2 Å². The number of anilines is 2. The Labute approximate surface area is 82.8 Å². The average Bonchev–Trinajstić information content (AvgIpc) is 2.26. The van der Waals surface area contributed by atoms with E-state index in [2.05, 4.69) is 15.6 Å². The number of hydrogen-bond donors (Lipinski definition) is 4. The third kappa shape index (κ3) is 2.86. The molecule has 0 aliphatic carbocycles. The zero-order valence-corrected chi connectivity index (χ0v) is 8.07. The van der Waals surface area contributed by atoms with Crippen molar-refractivity contribution in [2.24, 2.45) is 0 Å². The summed E-state index contributed by atoms with van der Waals surface area (Å²) in [6.45, 7) is -0.222. The van der Waals surface area contributed by atoms with Crippen LogP contribution in [0.2, 0.25) is 0 Å². The number of nitrogens with zero attached hydrogens (tertiary/aromatic N) is 1. The van der Waals surface area contributed by atoms with E-state index in [9.17, 15) is 0 Å². The fraction of sp³-hybridized carbons (Fsp3) is 0.444. The first-order chi connectivity index (χ1) is 6.80. The molecule has 1 heterocycles. The number of nitrogens with one attached hydrogen (secondary N) is 2. The lowest BCUT2D eigenvalue weighted by atomic mass is 10.3. The molecule has 0 amide bonds. The molecule has 4 N–H and O–H groups in total. The molecule has 78 valence electrons. The Kier molecular flexibility index (Phi) is 4.15. The Morgan fingerprint density at radius 3 is 2.50 bits per heavy atom. The van der Waals surface area contributed by atoms with Crippen molar-refractivity contribution >= 4 is 11.4 Å². The summed E-state index contributed by atoms with van der Waals surface area (Å²) in [7, 11) is 1.80. The van der Waals surface area contributed by atoms with Gasteiger partial charge in [0.2, 0.25) is 0 Å². The maximum Gasteiger partial charge on any atom is 0.0723 e. The third-order valence-electron chi connectivity index (χ3n) is 1.84. The molecule has 1 rings (SSSR count). The first-order valence-corrected chi connectivity index (χ1v) is 4.41. The number of aromatic nitrogens is 1. The van der Waals surface area contributed by atoms with Crippen molar-refractivity contribution in [3.63, 3.8) is 0 Å². The van der Waals surface area contributed by atoms with Crippen molar-refractivity contribution in [1.82, 2.24) is 4.98 Å². The van der Waals surface area contributed by atoms with Crippen molar-refractivity contribution in [3.05, 3.63) is 18.5 Å². The van der Waals surface area contributed by atoms with Crippen LogP contribution in [0, 0.1) is 0 Å². The van der Waals surface area contributed by atoms with Gasteiger partial charge in [-0.2, -0.15) is 0 Å². The van der Waals surface area contributed by atoms with Crippen molar-refractivity contribution in [2.75, 3.05) is 30.9 Å². The molecule has 0 bridgehead atoms. The van der Waals surface area contributed by atoms with E-state index in [-0.39, 0.29) is 19.3 Å². The highest BCUT2D eigenvalue weighted by Gasteiger charge is 2.05. The largest absolute Gasteiger partial charge is 0.394 e. The van der Waals surface area contributed by atoms with Crippen LogP contribution in [-0.4, -0.2) is 41.5 Å². The van der Waals surface area contributed by atoms with Crippen molar-refractivity contribution in [1.29, 1.82) is 0 Å². The fourth-order valence-electron chi connectivity index (χ4n) is 1.04. The topological polar surface area (TPSA) is 77.4 Å². The van der Waals surface area contributed by atoms with Gasteiger partial charge in [0.05, 0.1) is 43.0 Å². The summed E-state index contributed by atoms with van der Waals surface area (Å²) in [5.74, 6) is 0. The first kappa shape index (κ1) is 10.7. The van der Waals surface area contributed by atoms with Crippen molar-refractivity contribution < 1.29 is 10.2 Å². The van der Waals surface area contributed by atoms with Crippen LogP contribution in [0.3, 0.4) is 0 Å². The number of rotatable bonds is 5. The van der Waals surface area contributed by atoms with Crippen LogP contribution in [0.1, 0.15) is 0 Å². The molecule has 0 aliphatic heterocycles. The fourth-order valence-corrected chi connectivity index (χ4v) is 1.04. The lowest BCUT2D eigenvalue weighted by Crippen LogP contribution is -2.27. The molecule has 0 spiro atoms. The van der Waals surface area contributed by atoms with Crippen LogP contribution < -0.4 is 10.6 Å². The molecule has 0 aliphatic rings. The van der Waals surface area contributed by atoms with E-state index in [1.165, 1.54) is 0 Å². The summed E-state index contributed by atoms with van der Waals surface area (Å²) < 4.78 is 0. The molecule has 0 aromatic carbocycles. The molecule has 1 aromatic heterocycles. The molecule has 1 aromatic rings. The van der Waals surface area contributed by atoms with Gasteiger partial charge in [-0.3, -0.25) is 4.98 Å². The Balaban J connectivity index is 2.65. The number of aliphatic hydroxyl groups excluding tert-OH is 2. The third-order valence-corrected chi connectivity index (χ3v) is 1.84. The van der Waals surface area contributed by atoms with Gasteiger partial charge in [-0.05, 0) is 6.07 Å². The number of aliphatic hydroxyl groups is 2. The molecular weight excluding hydrogens is 182 g/mol. The van der Waals surface area contributed by atoms with E-state index in [0.29, 0.717) is 0 Å². The Morgan fingerprint density at radius 2 is 1.93 bits per heavy atom. The van der Waals surface area contributed by atoms with Crippen LogP contribution in [0.15, 0.2) is 18.5 Å². The Bertz CT molecular complexity index is 277. The summed E-state index contributed by atoms with van der Waals surface area (Å²) in [4.78, 5) is 3.99. The predicted octanol–water partition coefficient (Wildman–Crippen LogP) is -0.112. The standard InChI is InChI=1S/C9H15N3O2/c1-10-7-2-8(4-11-3-7)12-9(5-13)6-14/h2-4,9-10,12-14H,5-6H2,1H3. The maximum absolute atomic E-state index is 8.86. The van der Waals surface area contributed by atoms with Gasteiger partial charge in [-0.15, -0.1) is 0 Å².